The number of fused-ring (bicyclic) bond motifs is 1. The predicted octanol–water partition coefficient (Wildman–Crippen LogP) is 1.66. The second kappa shape index (κ2) is 5.29. The SMILES string of the molecule is CNCCCn1cnc2cccc(Cl)c2c1=O. The second-order valence-corrected chi connectivity index (χ2v) is 4.24. The molecule has 0 aliphatic carbocycles. The molecule has 5 heteroatoms. The summed E-state index contributed by atoms with van der Waals surface area (Å²) in [7, 11) is 1.89. The highest BCUT2D eigenvalue weighted by Gasteiger charge is 2.06. The van der Waals surface area contributed by atoms with Crippen LogP contribution in [0.5, 0.6) is 0 Å². The zero-order valence-corrected chi connectivity index (χ0v) is 10.4. The number of hydrogen-bond acceptors (Lipinski definition) is 3. The number of halogens is 1. The van der Waals surface area contributed by atoms with Crippen molar-refractivity contribution in [2.24, 2.45) is 0 Å². The van der Waals surface area contributed by atoms with Gasteiger partial charge in [0.1, 0.15) is 0 Å². The summed E-state index contributed by atoms with van der Waals surface area (Å²) >= 11 is 6.03. The number of aryl methyl sites for hydroxylation is 1. The van der Waals surface area contributed by atoms with Crippen molar-refractivity contribution in [1.29, 1.82) is 0 Å². The van der Waals surface area contributed by atoms with Crippen molar-refractivity contribution in [3.05, 3.63) is 39.9 Å². The molecular weight excluding hydrogens is 238 g/mol. The van der Waals surface area contributed by atoms with Gasteiger partial charge in [0.2, 0.25) is 0 Å². The van der Waals surface area contributed by atoms with Crippen LogP contribution in [0.25, 0.3) is 10.9 Å². The molecule has 1 heterocycles. The minimum absolute atomic E-state index is 0.0725. The molecule has 0 aliphatic heterocycles. The Kier molecular flexibility index (Phi) is 3.76. The smallest absolute Gasteiger partial charge is 0.262 e. The summed E-state index contributed by atoms with van der Waals surface area (Å²) in [6.07, 6.45) is 2.46. The Morgan fingerprint density at radius 1 is 1.47 bits per heavy atom. The second-order valence-electron chi connectivity index (χ2n) is 3.83. The van der Waals surface area contributed by atoms with Gasteiger partial charge in [-0.15, -0.1) is 0 Å². The molecule has 0 spiro atoms. The normalized spacial score (nSPS) is 10.9. The molecule has 90 valence electrons. The molecule has 17 heavy (non-hydrogen) atoms. The first-order valence-corrected chi connectivity index (χ1v) is 5.90. The van der Waals surface area contributed by atoms with Gasteiger partial charge in [0.25, 0.3) is 5.56 Å². The third kappa shape index (κ3) is 2.48. The third-order valence-corrected chi connectivity index (χ3v) is 2.94. The molecule has 0 unspecified atom stereocenters. The third-order valence-electron chi connectivity index (χ3n) is 2.63. The summed E-state index contributed by atoms with van der Waals surface area (Å²) in [5.41, 5.74) is 0.573. The maximum Gasteiger partial charge on any atom is 0.262 e. The molecule has 1 aromatic carbocycles. The van der Waals surface area contributed by atoms with E-state index in [1.165, 1.54) is 0 Å². The predicted molar refractivity (Wildman–Crippen MR) is 69.6 cm³/mol. The molecule has 0 atom stereocenters. The Morgan fingerprint density at radius 3 is 3.06 bits per heavy atom. The first-order valence-electron chi connectivity index (χ1n) is 5.52. The molecule has 0 radical (unpaired) electrons. The molecule has 0 saturated heterocycles. The van der Waals surface area contributed by atoms with Crippen LogP contribution >= 0.6 is 11.6 Å². The first kappa shape index (κ1) is 12.1. The van der Waals surface area contributed by atoms with Gasteiger partial charge in [-0.3, -0.25) is 9.36 Å². The van der Waals surface area contributed by atoms with Crippen molar-refractivity contribution in [3.63, 3.8) is 0 Å². The van der Waals surface area contributed by atoms with Gasteiger partial charge < -0.3 is 5.32 Å². The quantitative estimate of drug-likeness (QED) is 0.841. The summed E-state index contributed by atoms with van der Waals surface area (Å²) in [6, 6.07) is 5.30. The van der Waals surface area contributed by atoms with E-state index in [0.29, 0.717) is 22.5 Å². The van der Waals surface area contributed by atoms with E-state index in [2.05, 4.69) is 10.3 Å². The van der Waals surface area contributed by atoms with Crippen molar-refractivity contribution in [3.8, 4) is 0 Å². The van der Waals surface area contributed by atoms with E-state index in [0.717, 1.165) is 13.0 Å². The van der Waals surface area contributed by atoms with Gasteiger partial charge in [-0.1, -0.05) is 17.7 Å². The Morgan fingerprint density at radius 2 is 2.29 bits per heavy atom. The summed E-state index contributed by atoms with van der Waals surface area (Å²) in [6.45, 7) is 1.51. The fourth-order valence-electron chi connectivity index (χ4n) is 1.75. The molecule has 0 aliphatic rings. The maximum absolute atomic E-state index is 12.2. The lowest BCUT2D eigenvalue weighted by atomic mass is 10.2. The summed E-state index contributed by atoms with van der Waals surface area (Å²) in [5, 5.41) is 4.01. The van der Waals surface area contributed by atoms with E-state index in [1.807, 2.05) is 7.05 Å². The van der Waals surface area contributed by atoms with E-state index < -0.39 is 0 Å². The zero-order valence-electron chi connectivity index (χ0n) is 9.61. The average Bonchev–Trinajstić information content (AvgIpc) is 2.32. The molecule has 2 aromatic rings. The van der Waals surface area contributed by atoms with Crippen molar-refractivity contribution in [2.75, 3.05) is 13.6 Å². The summed E-state index contributed by atoms with van der Waals surface area (Å²) < 4.78 is 1.60. The van der Waals surface area contributed by atoms with E-state index in [4.69, 9.17) is 11.6 Å². The van der Waals surface area contributed by atoms with Gasteiger partial charge >= 0.3 is 0 Å². The van der Waals surface area contributed by atoms with Gasteiger partial charge in [0, 0.05) is 6.54 Å². The lowest BCUT2D eigenvalue weighted by molar-refractivity contribution is 0.594. The van der Waals surface area contributed by atoms with Crippen LogP contribution in [-0.4, -0.2) is 23.1 Å². The molecule has 0 amide bonds. The van der Waals surface area contributed by atoms with Crippen LogP contribution in [0.4, 0.5) is 0 Å². The number of benzene rings is 1. The lowest BCUT2D eigenvalue weighted by Crippen LogP contribution is -2.22. The first-order chi connectivity index (χ1) is 8.24. The van der Waals surface area contributed by atoms with Crippen molar-refractivity contribution >= 4 is 22.5 Å². The van der Waals surface area contributed by atoms with E-state index in [1.54, 1.807) is 29.1 Å². The molecule has 0 bridgehead atoms. The van der Waals surface area contributed by atoms with Crippen LogP contribution in [-0.2, 0) is 6.54 Å². The van der Waals surface area contributed by atoms with Crippen LogP contribution in [0, 0.1) is 0 Å². The van der Waals surface area contributed by atoms with Crippen LogP contribution in [0.15, 0.2) is 29.3 Å². The highest BCUT2D eigenvalue weighted by atomic mass is 35.5. The Balaban J connectivity index is 2.43. The van der Waals surface area contributed by atoms with Crippen molar-refractivity contribution in [1.82, 2.24) is 14.9 Å². The van der Waals surface area contributed by atoms with Gasteiger partial charge in [-0.25, -0.2) is 4.98 Å². The van der Waals surface area contributed by atoms with Crippen molar-refractivity contribution in [2.45, 2.75) is 13.0 Å². The minimum Gasteiger partial charge on any atom is -0.320 e. The van der Waals surface area contributed by atoms with E-state index >= 15 is 0 Å². The number of aromatic nitrogens is 2. The van der Waals surface area contributed by atoms with Gasteiger partial charge in [0.15, 0.2) is 0 Å². The van der Waals surface area contributed by atoms with Crippen LogP contribution in [0.1, 0.15) is 6.42 Å². The van der Waals surface area contributed by atoms with E-state index in [-0.39, 0.29) is 5.56 Å². The van der Waals surface area contributed by atoms with Gasteiger partial charge in [-0.2, -0.15) is 0 Å². The Bertz CT molecular complexity index is 579. The van der Waals surface area contributed by atoms with Crippen LogP contribution in [0.3, 0.4) is 0 Å². The molecule has 0 saturated carbocycles. The Labute approximate surface area is 104 Å². The minimum atomic E-state index is -0.0725. The zero-order chi connectivity index (χ0) is 12.3. The highest BCUT2D eigenvalue weighted by Crippen LogP contribution is 2.17. The number of hydrogen-bond donors (Lipinski definition) is 1. The molecule has 1 N–H and O–H groups in total. The largest absolute Gasteiger partial charge is 0.320 e. The topological polar surface area (TPSA) is 46.9 Å². The molecular formula is C12H14ClN3O. The molecule has 0 fully saturated rings. The van der Waals surface area contributed by atoms with Crippen LogP contribution in [0.2, 0.25) is 5.02 Å². The van der Waals surface area contributed by atoms with Gasteiger partial charge in [0.05, 0.1) is 22.3 Å². The van der Waals surface area contributed by atoms with Crippen LogP contribution < -0.4 is 10.9 Å². The Hall–Kier alpha value is -1.39. The fourth-order valence-corrected chi connectivity index (χ4v) is 2.00. The molecule has 2 rings (SSSR count). The fraction of sp³-hybridized carbons (Fsp3) is 0.333. The van der Waals surface area contributed by atoms with Gasteiger partial charge in [-0.05, 0) is 32.1 Å². The van der Waals surface area contributed by atoms with E-state index in [9.17, 15) is 4.79 Å². The number of nitrogens with zero attached hydrogens (tertiary/aromatic N) is 2. The number of nitrogens with one attached hydrogen (secondary N) is 1. The maximum atomic E-state index is 12.2. The monoisotopic (exact) mass is 251 g/mol. The summed E-state index contributed by atoms with van der Waals surface area (Å²) in [4.78, 5) is 16.4. The number of rotatable bonds is 4. The summed E-state index contributed by atoms with van der Waals surface area (Å²) in [5.74, 6) is 0. The highest BCUT2D eigenvalue weighted by molar-refractivity contribution is 6.35. The molecule has 4 nitrogen and oxygen atoms in total. The standard InChI is InChI=1S/C12H14ClN3O/c1-14-6-3-7-16-8-15-10-5-2-4-9(13)11(10)12(16)17/h2,4-5,8,14H,3,6-7H2,1H3. The van der Waals surface area contributed by atoms with Crippen molar-refractivity contribution < 1.29 is 0 Å². The lowest BCUT2D eigenvalue weighted by Gasteiger charge is -2.06. The molecule has 1 aromatic heterocycles. The average molecular weight is 252 g/mol.